The smallest absolute Gasteiger partial charge is 0.184 e. The van der Waals surface area contributed by atoms with E-state index in [0.29, 0.717) is 4.90 Å². The summed E-state index contributed by atoms with van der Waals surface area (Å²) in [4.78, 5) is 0.431. The number of rotatable bonds is 1. The Balaban J connectivity index is 3.22. The van der Waals surface area contributed by atoms with Gasteiger partial charge in [0.15, 0.2) is 9.84 Å². The monoisotopic (exact) mass is 204 g/mol. The molecular formula is C8H12O2S2. The Hall–Kier alpha value is -0.350. The van der Waals surface area contributed by atoms with Crippen LogP contribution in [0.25, 0.3) is 0 Å². The van der Waals surface area contributed by atoms with Crippen molar-refractivity contribution in [2.24, 2.45) is 0 Å². The maximum absolute atomic E-state index is 11.7. The average molecular weight is 204 g/mol. The Morgan fingerprint density at radius 2 is 1.92 bits per heavy atom. The largest absolute Gasteiger partial charge is 0.223 e. The van der Waals surface area contributed by atoms with Gasteiger partial charge in [0.05, 0.1) is 9.64 Å². The summed E-state index contributed by atoms with van der Waals surface area (Å²) in [6, 6.07) is 1.64. The molecule has 1 aromatic heterocycles. The molecule has 68 valence electrons. The second kappa shape index (κ2) is 2.85. The molecule has 0 aromatic carbocycles. The molecule has 0 bridgehead atoms. The SMILES string of the molecule is CC(C)(C)S(=O)(=O)c1ccsc1. The van der Waals surface area contributed by atoms with E-state index in [1.54, 1.807) is 37.6 Å². The van der Waals surface area contributed by atoms with Crippen molar-refractivity contribution in [3.8, 4) is 0 Å². The lowest BCUT2D eigenvalue weighted by Gasteiger charge is -2.17. The van der Waals surface area contributed by atoms with Crippen LogP contribution in [0.2, 0.25) is 0 Å². The summed E-state index contributed by atoms with van der Waals surface area (Å²) in [5.74, 6) is 0. The summed E-state index contributed by atoms with van der Waals surface area (Å²) in [6.45, 7) is 5.12. The lowest BCUT2D eigenvalue weighted by molar-refractivity contribution is 0.560. The van der Waals surface area contributed by atoms with Gasteiger partial charge in [-0.25, -0.2) is 8.42 Å². The fourth-order valence-corrected chi connectivity index (χ4v) is 2.99. The zero-order valence-electron chi connectivity index (χ0n) is 7.37. The van der Waals surface area contributed by atoms with E-state index in [0.717, 1.165) is 0 Å². The molecule has 1 rings (SSSR count). The quantitative estimate of drug-likeness (QED) is 0.703. The van der Waals surface area contributed by atoms with Gasteiger partial charge < -0.3 is 0 Å². The number of thiophene rings is 1. The standard InChI is InChI=1S/C8H12O2S2/c1-8(2,3)12(9,10)7-4-5-11-6-7/h4-6H,1-3H3. The molecule has 12 heavy (non-hydrogen) atoms. The minimum absolute atomic E-state index is 0.431. The summed E-state index contributed by atoms with van der Waals surface area (Å²) in [5, 5.41) is 3.44. The van der Waals surface area contributed by atoms with E-state index in [4.69, 9.17) is 0 Å². The Labute approximate surface area is 77.2 Å². The van der Waals surface area contributed by atoms with E-state index in [-0.39, 0.29) is 0 Å². The highest BCUT2D eigenvalue weighted by Crippen LogP contribution is 2.25. The van der Waals surface area contributed by atoms with Gasteiger partial charge in [-0.2, -0.15) is 11.3 Å². The van der Waals surface area contributed by atoms with Crippen LogP contribution in [0.1, 0.15) is 20.8 Å². The van der Waals surface area contributed by atoms with Crippen molar-refractivity contribution in [1.82, 2.24) is 0 Å². The highest BCUT2D eigenvalue weighted by molar-refractivity contribution is 7.92. The van der Waals surface area contributed by atoms with Crippen molar-refractivity contribution in [2.45, 2.75) is 30.4 Å². The first-order chi connectivity index (χ1) is 5.36. The van der Waals surface area contributed by atoms with E-state index in [1.165, 1.54) is 11.3 Å². The van der Waals surface area contributed by atoms with Crippen LogP contribution in [0.3, 0.4) is 0 Å². The maximum Gasteiger partial charge on any atom is 0.184 e. The molecule has 2 nitrogen and oxygen atoms in total. The van der Waals surface area contributed by atoms with E-state index >= 15 is 0 Å². The van der Waals surface area contributed by atoms with Crippen LogP contribution >= 0.6 is 11.3 Å². The molecule has 0 radical (unpaired) electrons. The van der Waals surface area contributed by atoms with Crippen LogP contribution in [0.5, 0.6) is 0 Å². The van der Waals surface area contributed by atoms with Crippen molar-refractivity contribution in [3.63, 3.8) is 0 Å². The Bertz CT molecular complexity index is 341. The molecule has 0 aliphatic carbocycles. The van der Waals surface area contributed by atoms with Crippen LogP contribution in [0.15, 0.2) is 21.7 Å². The number of hydrogen-bond donors (Lipinski definition) is 0. The molecule has 0 unspecified atom stereocenters. The van der Waals surface area contributed by atoms with Crippen molar-refractivity contribution >= 4 is 21.2 Å². The Kier molecular flexibility index (Phi) is 2.31. The van der Waals surface area contributed by atoms with E-state index in [1.807, 2.05) is 0 Å². The molecule has 0 saturated carbocycles. The summed E-state index contributed by atoms with van der Waals surface area (Å²) in [6.07, 6.45) is 0. The second-order valence-corrected chi connectivity index (χ2v) is 7.06. The fourth-order valence-electron chi connectivity index (χ4n) is 0.758. The third-order valence-electron chi connectivity index (χ3n) is 1.61. The van der Waals surface area contributed by atoms with Crippen LogP contribution in [-0.2, 0) is 9.84 Å². The zero-order valence-corrected chi connectivity index (χ0v) is 9.00. The Morgan fingerprint density at radius 3 is 2.25 bits per heavy atom. The highest BCUT2D eigenvalue weighted by atomic mass is 32.2. The van der Waals surface area contributed by atoms with Gasteiger partial charge in [-0.1, -0.05) is 0 Å². The first-order valence-corrected chi connectivity index (χ1v) is 6.05. The lowest BCUT2D eigenvalue weighted by atomic mass is 10.3. The van der Waals surface area contributed by atoms with Crippen molar-refractivity contribution < 1.29 is 8.42 Å². The lowest BCUT2D eigenvalue weighted by Crippen LogP contribution is -2.27. The van der Waals surface area contributed by atoms with Gasteiger partial charge in [0.25, 0.3) is 0 Å². The third kappa shape index (κ3) is 1.54. The van der Waals surface area contributed by atoms with Gasteiger partial charge in [0.2, 0.25) is 0 Å². The van der Waals surface area contributed by atoms with Crippen LogP contribution in [-0.4, -0.2) is 13.2 Å². The average Bonchev–Trinajstić information content (AvgIpc) is 2.34. The molecule has 0 spiro atoms. The van der Waals surface area contributed by atoms with E-state index in [9.17, 15) is 8.42 Å². The molecule has 0 saturated heterocycles. The summed E-state index contributed by atoms with van der Waals surface area (Å²) in [5.41, 5.74) is 0. The van der Waals surface area contributed by atoms with Crippen LogP contribution in [0, 0.1) is 0 Å². The zero-order chi connectivity index (χ0) is 9.41. The first-order valence-electron chi connectivity index (χ1n) is 3.62. The minimum Gasteiger partial charge on any atom is -0.223 e. The van der Waals surface area contributed by atoms with Gasteiger partial charge in [-0.15, -0.1) is 0 Å². The predicted octanol–water partition coefficient (Wildman–Crippen LogP) is 2.32. The molecule has 0 fully saturated rings. The van der Waals surface area contributed by atoms with E-state index in [2.05, 4.69) is 0 Å². The van der Waals surface area contributed by atoms with Crippen molar-refractivity contribution in [2.75, 3.05) is 0 Å². The molecule has 1 heterocycles. The molecule has 0 amide bonds. The van der Waals surface area contributed by atoms with Crippen LogP contribution < -0.4 is 0 Å². The maximum atomic E-state index is 11.7. The summed E-state index contributed by atoms with van der Waals surface area (Å²) < 4.78 is 22.7. The topological polar surface area (TPSA) is 34.1 Å². The van der Waals surface area contributed by atoms with E-state index < -0.39 is 14.6 Å². The fraction of sp³-hybridized carbons (Fsp3) is 0.500. The summed E-state index contributed by atoms with van der Waals surface area (Å²) in [7, 11) is -3.12. The summed E-state index contributed by atoms with van der Waals surface area (Å²) >= 11 is 1.40. The van der Waals surface area contributed by atoms with Gasteiger partial charge in [-0.05, 0) is 32.2 Å². The van der Waals surface area contributed by atoms with Gasteiger partial charge in [0.1, 0.15) is 0 Å². The molecular weight excluding hydrogens is 192 g/mol. The van der Waals surface area contributed by atoms with Gasteiger partial charge in [0, 0.05) is 5.38 Å². The van der Waals surface area contributed by atoms with Crippen molar-refractivity contribution in [3.05, 3.63) is 16.8 Å². The van der Waals surface area contributed by atoms with Crippen molar-refractivity contribution in [1.29, 1.82) is 0 Å². The molecule has 0 atom stereocenters. The van der Waals surface area contributed by atoms with Gasteiger partial charge in [-0.3, -0.25) is 0 Å². The normalized spacial score (nSPS) is 13.2. The molecule has 0 N–H and O–H groups in total. The van der Waals surface area contributed by atoms with Gasteiger partial charge >= 0.3 is 0 Å². The molecule has 0 aliphatic rings. The van der Waals surface area contributed by atoms with Crippen LogP contribution in [0.4, 0.5) is 0 Å². The molecule has 1 aromatic rings. The molecule has 0 aliphatic heterocycles. The highest BCUT2D eigenvalue weighted by Gasteiger charge is 2.30. The first kappa shape index (κ1) is 9.74. The second-order valence-electron chi connectivity index (χ2n) is 3.57. The Morgan fingerprint density at radius 1 is 1.33 bits per heavy atom. The third-order valence-corrected chi connectivity index (χ3v) is 4.93. The molecule has 4 heteroatoms. The minimum atomic E-state index is -3.12. The predicted molar refractivity (Wildman–Crippen MR) is 51.3 cm³/mol. The number of hydrogen-bond acceptors (Lipinski definition) is 3. The number of sulfone groups is 1.